The molecule has 2 atom stereocenters. The molecule has 0 bridgehead atoms. The van der Waals surface area contributed by atoms with Crippen LogP contribution in [0.2, 0.25) is 5.02 Å². The van der Waals surface area contributed by atoms with Crippen molar-refractivity contribution in [1.29, 1.82) is 0 Å². The number of rotatable bonds is 3. The van der Waals surface area contributed by atoms with E-state index in [2.05, 4.69) is 31.3 Å². The van der Waals surface area contributed by atoms with Gasteiger partial charge in [-0.3, -0.25) is 0 Å². The van der Waals surface area contributed by atoms with E-state index in [0.717, 1.165) is 5.02 Å². The molecule has 0 saturated heterocycles. The minimum absolute atomic E-state index is 0.574. The standard InChI is InChI=1S/C13H18ClN/c1-9(2)15-13-8-7-12(13)10-3-5-11(14)6-4-10/h3-6,9,12-13,15H,7-8H2,1-2H3/t12-,13-/m0/s1. The summed E-state index contributed by atoms with van der Waals surface area (Å²) in [5, 5.41) is 4.43. The topological polar surface area (TPSA) is 12.0 Å². The maximum absolute atomic E-state index is 5.88. The summed E-state index contributed by atoms with van der Waals surface area (Å²) in [6, 6.07) is 9.52. The first-order valence-corrected chi connectivity index (χ1v) is 6.06. The van der Waals surface area contributed by atoms with Gasteiger partial charge in [0.2, 0.25) is 0 Å². The van der Waals surface area contributed by atoms with Gasteiger partial charge in [-0.05, 0) is 36.5 Å². The molecule has 2 heteroatoms. The third-order valence-electron chi connectivity index (χ3n) is 3.12. The third-order valence-corrected chi connectivity index (χ3v) is 3.37. The molecular formula is C13H18ClN. The average molecular weight is 224 g/mol. The van der Waals surface area contributed by atoms with Gasteiger partial charge in [0.05, 0.1) is 0 Å². The van der Waals surface area contributed by atoms with Gasteiger partial charge in [0.1, 0.15) is 0 Å². The quantitative estimate of drug-likeness (QED) is 0.826. The van der Waals surface area contributed by atoms with Gasteiger partial charge in [0.15, 0.2) is 0 Å². The summed E-state index contributed by atoms with van der Waals surface area (Å²) in [5.41, 5.74) is 1.42. The smallest absolute Gasteiger partial charge is 0.0406 e. The maximum Gasteiger partial charge on any atom is 0.0406 e. The molecule has 2 rings (SSSR count). The van der Waals surface area contributed by atoms with E-state index in [1.54, 1.807) is 0 Å². The lowest BCUT2D eigenvalue weighted by atomic mass is 9.75. The zero-order valence-corrected chi connectivity index (χ0v) is 10.1. The Morgan fingerprint density at radius 1 is 1.20 bits per heavy atom. The minimum Gasteiger partial charge on any atom is -0.311 e. The molecule has 0 heterocycles. The summed E-state index contributed by atoms with van der Waals surface area (Å²) < 4.78 is 0. The molecule has 1 aliphatic carbocycles. The molecule has 0 aliphatic heterocycles. The number of nitrogens with one attached hydrogen (secondary N) is 1. The van der Waals surface area contributed by atoms with Gasteiger partial charge in [0, 0.05) is 17.1 Å². The van der Waals surface area contributed by atoms with Crippen molar-refractivity contribution in [2.75, 3.05) is 0 Å². The summed E-state index contributed by atoms with van der Waals surface area (Å²) in [6.45, 7) is 4.41. The second-order valence-corrected chi connectivity index (χ2v) is 5.10. The predicted molar refractivity (Wildman–Crippen MR) is 65.5 cm³/mol. The first kappa shape index (κ1) is 11.0. The molecule has 1 saturated carbocycles. The van der Waals surface area contributed by atoms with E-state index in [-0.39, 0.29) is 0 Å². The number of hydrogen-bond acceptors (Lipinski definition) is 1. The normalized spacial score (nSPS) is 25.3. The van der Waals surface area contributed by atoms with Crippen molar-refractivity contribution in [1.82, 2.24) is 5.32 Å². The van der Waals surface area contributed by atoms with Crippen LogP contribution < -0.4 is 5.32 Å². The third kappa shape index (κ3) is 2.53. The Labute approximate surface area is 96.8 Å². The lowest BCUT2D eigenvalue weighted by Crippen LogP contribution is -2.45. The van der Waals surface area contributed by atoms with Crippen LogP contribution in [0.4, 0.5) is 0 Å². The van der Waals surface area contributed by atoms with Gasteiger partial charge in [0.25, 0.3) is 0 Å². The van der Waals surface area contributed by atoms with Crippen LogP contribution in [0.1, 0.15) is 38.2 Å². The van der Waals surface area contributed by atoms with Crippen LogP contribution >= 0.6 is 11.6 Å². The largest absolute Gasteiger partial charge is 0.311 e. The van der Waals surface area contributed by atoms with E-state index < -0.39 is 0 Å². The van der Waals surface area contributed by atoms with Crippen LogP contribution in [-0.2, 0) is 0 Å². The Hall–Kier alpha value is -0.530. The first-order chi connectivity index (χ1) is 7.16. The summed E-state index contributed by atoms with van der Waals surface area (Å²) >= 11 is 5.88. The summed E-state index contributed by atoms with van der Waals surface area (Å²) in [6.07, 6.45) is 2.59. The number of benzene rings is 1. The lowest BCUT2D eigenvalue weighted by Gasteiger charge is -2.39. The zero-order valence-electron chi connectivity index (χ0n) is 9.33. The fourth-order valence-electron chi connectivity index (χ4n) is 2.24. The first-order valence-electron chi connectivity index (χ1n) is 5.68. The second kappa shape index (κ2) is 4.54. The molecule has 1 nitrogen and oxygen atoms in total. The van der Waals surface area contributed by atoms with E-state index in [4.69, 9.17) is 11.6 Å². The Balaban J connectivity index is 2.02. The highest BCUT2D eigenvalue weighted by molar-refractivity contribution is 6.30. The van der Waals surface area contributed by atoms with Gasteiger partial charge in [-0.2, -0.15) is 0 Å². The highest BCUT2D eigenvalue weighted by Crippen LogP contribution is 2.37. The van der Waals surface area contributed by atoms with Crippen LogP contribution in [-0.4, -0.2) is 12.1 Å². The van der Waals surface area contributed by atoms with E-state index in [1.165, 1.54) is 18.4 Å². The fraction of sp³-hybridized carbons (Fsp3) is 0.538. The molecule has 82 valence electrons. The van der Waals surface area contributed by atoms with Crippen LogP contribution in [0.15, 0.2) is 24.3 Å². The highest BCUT2D eigenvalue weighted by Gasteiger charge is 2.31. The summed E-state index contributed by atoms with van der Waals surface area (Å²) in [4.78, 5) is 0. The van der Waals surface area contributed by atoms with E-state index in [0.29, 0.717) is 18.0 Å². The monoisotopic (exact) mass is 223 g/mol. The Morgan fingerprint density at radius 3 is 2.33 bits per heavy atom. The summed E-state index contributed by atoms with van der Waals surface area (Å²) in [7, 11) is 0. The Bertz CT molecular complexity index is 318. The van der Waals surface area contributed by atoms with Crippen molar-refractivity contribution in [3.05, 3.63) is 34.9 Å². The molecular weight excluding hydrogens is 206 g/mol. The van der Waals surface area contributed by atoms with E-state index in [1.807, 2.05) is 12.1 Å². The van der Waals surface area contributed by atoms with Crippen LogP contribution in [0.25, 0.3) is 0 Å². The Kier molecular flexibility index (Phi) is 3.32. The fourth-order valence-corrected chi connectivity index (χ4v) is 2.36. The lowest BCUT2D eigenvalue weighted by molar-refractivity contribution is 0.268. The number of hydrogen-bond donors (Lipinski definition) is 1. The zero-order chi connectivity index (χ0) is 10.8. The van der Waals surface area contributed by atoms with Crippen LogP contribution in [0.3, 0.4) is 0 Å². The van der Waals surface area contributed by atoms with Crippen molar-refractivity contribution >= 4 is 11.6 Å². The van der Waals surface area contributed by atoms with Crippen molar-refractivity contribution in [3.63, 3.8) is 0 Å². The van der Waals surface area contributed by atoms with Gasteiger partial charge in [-0.15, -0.1) is 0 Å². The maximum atomic E-state index is 5.88. The van der Waals surface area contributed by atoms with Crippen molar-refractivity contribution in [2.45, 2.75) is 44.7 Å². The molecule has 0 amide bonds. The molecule has 15 heavy (non-hydrogen) atoms. The molecule has 0 radical (unpaired) electrons. The number of halogens is 1. The molecule has 1 fully saturated rings. The molecule has 1 aromatic rings. The van der Waals surface area contributed by atoms with Gasteiger partial charge >= 0.3 is 0 Å². The molecule has 1 N–H and O–H groups in total. The summed E-state index contributed by atoms with van der Waals surface area (Å²) in [5.74, 6) is 0.685. The Morgan fingerprint density at radius 2 is 1.87 bits per heavy atom. The van der Waals surface area contributed by atoms with Gasteiger partial charge in [-0.25, -0.2) is 0 Å². The van der Waals surface area contributed by atoms with Crippen LogP contribution in [0, 0.1) is 0 Å². The predicted octanol–water partition coefficient (Wildman–Crippen LogP) is 3.58. The molecule has 0 unspecified atom stereocenters. The SMILES string of the molecule is CC(C)N[C@H]1CC[C@H]1c1ccc(Cl)cc1. The van der Waals surface area contributed by atoms with E-state index in [9.17, 15) is 0 Å². The second-order valence-electron chi connectivity index (χ2n) is 4.66. The van der Waals surface area contributed by atoms with E-state index >= 15 is 0 Å². The van der Waals surface area contributed by atoms with Gasteiger partial charge < -0.3 is 5.32 Å². The van der Waals surface area contributed by atoms with Crippen molar-refractivity contribution in [3.8, 4) is 0 Å². The molecule has 1 aliphatic rings. The molecule has 0 aromatic heterocycles. The minimum atomic E-state index is 0.574. The highest BCUT2D eigenvalue weighted by atomic mass is 35.5. The van der Waals surface area contributed by atoms with Gasteiger partial charge in [-0.1, -0.05) is 37.6 Å². The van der Waals surface area contributed by atoms with Crippen molar-refractivity contribution in [2.24, 2.45) is 0 Å². The average Bonchev–Trinajstić information content (AvgIpc) is 2.16. The molecule has 0 spiro atoms. The molecule has 1 aromatic carbocycles. The van der Waals surface area contributed by atoms with Crippen molar-refractivity contribution < 1.29 is 0 Å². The van der Waals surface area contributed by atoms with Crippen LogP contribution in [0.5, 0.6) is 0 Å².